The van der Waals surface area contributed by atoms with Crippen molar-refractivity contribution in [1.29, 1.82) is 0 Å². The lowest BCUT2D eigenvalue weighted by atomic mass is 10.0. The summed E-state index contributed by atoms with van der Waals surface area (Å²) in [6.07, 6.45) is 0. The maximum absolute atomic E-state index is 13.5. The third-order valence-electron chi connectivity index (χ3n) is 5.30. The van der Waals surface area contributed by atoms with Gasteiger partial charge < -0.3 is 19.1 Å². The number of methoxy groups -OCH3 is 2. The van der Waals surface area contributed by atoms with E-state index in [0.29, 0.717) is 61.1 Å². The van der Waals surface area contributed by atoms with Crippen LogP contribution in [0.15, 0.2) is 54.2 Å². The maximum Gasteiger partial charge on any atom is 0.278 e. The van der Waals surface area contributed by atoms with Gasteiger partial charge in [0.15, 0.2) is 0 Å². The highest BCUT2D eigenvalue weighted by Crippen LogP contribution is 2.33. The van der Waals surface area contributed by atoms with Gasteiger partial charge in [0.05, 0.1) is 31.9 Å². The summed E-state index contributed by atoms with van der Waals surface area (Å²) in [4.78, 5) is 30.1. The van der Waals surface area contributed by atoms with Gasteiger partial charge in [-0.25, -0.2) is 4.39 Å². The third-order valence-corrected chi connectivity index (χ3v) is 5.30. The molecule has 0 saturated carbocycles. The summed E-state index contributed by atoms with van der Waals surface area (Å²) >= 11 is 0. The molecule has 1 aliphatic heterocycles. The van der Waals surface area contributed by atoms with Crippen LogP contribution < -0.4 is 4.74 Å². The van der Waals surface area contributed by atoms with E-state index in [-0.39, 0.29) is 12.4 Å². The largest absolute Gasteiger partial charge is 0.494 e. The summed E-state index contributed by atoms with van der Waals surface area (Å²) in [5.41, 5.74) is 1.90. The van der Waals surface area contributed by atoms with Crippen molar-refractivity contribution in [2.24, 2.45) is 0 Å². The number of carbonyl (C=O) groups is 2. The number of halogens is 1. The van der Waals surface area contributed by atoms with Gasteiger partial charge in [-0.05, 0) is 42.3 Å². The lowest BCUT2D eigenvalue weighted by molar-refractivity contribution is -0.138. The number of amides is 2. The van der Waals surface area contributed by atoms with Gasteiger partial charge in [-0.1, -0.05) is 24.3 Å². The number of rotatable bonds is 12. The average molecular weight is 457 g/mol. The maximum atomic E-state index is 13.5. The molecule has 1 heterocycles. The Morgan fingerprint density at radius 2 is 1.48 bits per heavy atom. The SMILES string of the molecule is CCOc1ccc(C2=C(N(CCOC)CCOC)C(=O)N(Cc3ccc(F)cc3)C2=O)cc1. The zero-order valence-corrected chi connectivity index (χ0v) is 19.2. The molecule has 7 nitrogen and oxygen atoms in total. The molecule has 2 amide bonds. The highest BCUT2D eigenvalue weighted by molar-refractivity contribution is 6.35. The van der Waals surface area contributed by atoms with E-state index < -0.39 is 11.8 Å². The normalized spacial score (nSPS) is 13.8. The minimum atomic E-state index is -0.402. The van der Waals surface area contributed by atoms with Gasteiger partial charge in [-0.2, -0.15) is 0 Å². The molecule has 0 aromatic heterocycles. The van der Waals surface area contributed by atoms with Gasteiger partial charge >= 0.3 is 0 Å². The second kappa shape index (κ2) is 11.6. The first kappa shape index (κ1) is 24.4. The van der Waals surface area contributed by atoms with Crippen LogP contribution in [0.2, 0.25) is 0 Å². The van der Waals surface area contributed by atoms with E-state index in [4.69, 9.17) is 14.2 Å². The van der Waals surface area contributed by atoms with E-state index in [1.54, 1.807) is 50.6 Å². The van der Waals surface area contributed by atoms with E-state index in [1.807, 2.05) is 11.8 Å². The summed E-state index contributed by atoms with van der Waals surface area (Å²) in [5.74, 6) is -0.500. The molecule has 0 bridgehead atoms. The molecule has 0 spiro atoms. The highest BCUT2D eigenvalue weighted by Gasteiger charge is 2.41. The summed E-state index contributed by atoms with van der Waals surface area (Å²) in [7, 11) is 3.16. The van der Waals surface area contributed by atoms with Crippen LogP contribution in [0.3, 0.4) is 0 Å². The molecule has 0 radical (unpaired) electrons. The van der Waals surface area contributed by atoms with Crippen LogP contribution in [-0.4, -0.2) is 68.7 Å². The Labute approximate surface area is 193 Å². The number of carbonyl (C=O) groups excluding carboxylic acids is 2. The molecule has 1 aliphatic rings. The van der Waals surface area contributed by atoms with E-state index in [9.17, 15) is 14.0 Å². The predicted molar refractivity (Wildman–Crippen MR) is 122 cm³/mol. The Kier molecular flexibility index (Phi) is 8.57. The van der Waals surface area contributed by atoms with Crippen LogP contribution in [0.25, 0.3) is 5.57 Å². The molecular weight excluding hydrogens is 427 g/mol. The minimum Gasteiger partial charge on any atom is -0.494 e. The average Bonchev–Trinajstić information content (AvgIpc) is 3.06. The molecule has 3 rings (SSSR count). The molecule has 0 aliphatic carbocycles. The van der Waals surface area contributed by atoms with Gasteiger partial charge in [0.2, 0.25) is 0 Å². The summed E-state index contributed by atoms with van der Waals surface area (Å²) in [6, 6.07) is 12.9. The first-order valence-corrected chi connectivity index (χ1v) is 10.8. The van der Waals surface area contributed by atoms with Crippen molar-refractivity contribution in [2.45, 2.75) is 13.5 Å². The van der Waals surface area contributed by atoms with Gasteiger partial charge in [0, 0.05) is 27.3 Å². The first-order chi connectivity index (χ1) is 16.0. The predicted octanol–water partition coefficient (Wildman–Crippen LogP) is 3.10. The van der Waals surface area contributed by atoms with E-state index >= 15 is 0 Å². The Morgan fingerprint density at radius 1 is 0.879 bits per heavy atom. The zero-order chi connectivity index (χ0) is 23.8. The Morgan fingerprint density at radius 3 is 2.03 bits per heavy atom. The smallest absolute Gasteiger partial charge is 0.278 e. The molecule has 0 saturated heterocycles. The molecule has 0 N–H and O–H groups in total. The van der Waals surface area contributed by atoms with E-state index in [2.05, 4.69) is 0 Å². The number of imide groups is 1. The molecule has 0 atom stereocenters. The van der Waals surface area contributed by atoms with Gasteiger partial charge in [-0.15, -0.1) is 0 Å². The molecule has 8 heteroatoms. The van der Waals surface area contributed by atoms with Crippen LogP contribution in [0.1, 0.15) is 18.1 Å². The van der Waals surface area contributed by atoms with E-state index in [0.717, 1.165) is 0 Å². The lowest BCUT2D eigenvalue weighted by Crippen LogP contribution is -2.37. The summed E-state index contributed by atoms with van der Waals surface area (Å²) in [6.45, 7) is 4.05. The Balaban J connectivity index is 2.01. The zero-order valence-electron chi connectivity index (χ0n) is 19.2. The summed E-state index contributed by atoms with van der Waals surface area (Å²) in [5, 5.41) is 0. The van der Waals surface area contributed by atoms with Crippen molar-refractivity contribution >= 4 is 17.4 Å². The molecule has 2 aromatic rings. The Bertz CT molecular complexity index is 981. The fourth-order valence-corrected chi connectivity index (χ4v) is 3.66. The number of nitrogens with zero attached hydrogens (tertiary/aromatic N) is 2. The monoisotopic (exact) mass is 456 g/mol. The Hall–Kier alpha value is -3.23. The quantitative estimate of drug-likeness (QED) is 0.457. The van der Waals surface area contributed by atoms with E-state index in [1.165, 1.54) is 17.0 Å². The van der Waals surface area contributed by atoms with Crippen molar-refractivity contribution < 1.29 is 28.2 Å². The minimum absolute atomic E-state index is 0.0460. The molecule has 33 heavy (non-hydrogen) atoms. The fourth-order valence-electron chi connectivity index (χ4n) is 3.66. The van der Waals surface area contributed by atoms with Crippen molar-refractivity contribution in [3.05, 3.63) is 71.2 Å². The molecular formula is C25H29FN2O5. The van der Waals surface area contributed by atoms with Crippen molar-refractivity contribution in [3.8, 4) is 5.75 Å². The summed E-state index contributed by atoms with van der Waals surface area (Å²) < 4.78 is 29.3. The van der Waals surface area contributed by atoms with Crippen LogP contribution >= 0.6 is 0 Å². The number of benzene rings is 2. The van der Waals surface area contributed by atoms with Crippen molar-refractivity contribution in [1.82, 2.24) is 9.80 Å². The van der Waals surface area contributed by atoms with Crippen LogP contribution in [0.5, 0.6) is 5.75 Å². The van der Waals surface area contributed by atoms with Crippen LogP contribution in [-0.2, 0) is 25.6 Å². The molecule has 0 fully saturated rings. The van der Waals surface area contributed by atoms with Crippen molar-refractivity contribution in [2.75, 3.05) is 47.1 Å². The molecule has 0 unspecified atom stereocenters. The fraction of sp³-hybridized carbons (Fsp3) is 0.360. The molecule has 2 aromatic carbocycles. The first-order valence-electron chi connectivity index (χ1n) is 10.8. The topological polar surface area (TPSA) is 68.3 Å². The van der Waals surface area contributed by atoms with Gasteiger partial charge in [0.1, 0.15) is 17.3 Å². The third kappa shape index (κ3) is 5.77. The van der Waals surface area contributed by atoms with Crippen molar-refractivity contribution in [3.63, 3.8) is 0 Å². The van der Waals surface area contributed by atoms with Crippen LogP contribution in [0.4, 0.5) is 4.39 Å². The number of hydrogen-bond donors (Lipinski definition) is 0. The standard InChI is InChI=1S/C25H29FN2O5/c1-4-33-21-11-7-19(8-12-21)22-23(27(13-15-31-2)14-16-32-3)25(30)28(24(22)29)17-18-5-9-20(26)10-6-18/h5-12H,4,13-17H2,1-3H3. The van der Waals surface area contributed by atoms with Gasteiger partial charge in [-0.3, -0.25) is 14.5 Å². The lowest BCUT2D eigenvalue weighted by Gasteiger charge is -2.25. The number of ether oxygens (including phenoxy) is 3. The number of hydrogen-bond acceptors (Lipinski definition) is 6. The van der Waals surface area contributed by atoms with Crippen LogP contribution in [0, 0.1) is 5.82 Å². The molecule has 176 valence electrons. The second-order valence-corrected chi connectivity index (χ2v) is 7.48. The van der Waals surface area contributed by atoms with Gasteiger partial charge in [0.25, 0.3) is 11.8 Å². The second-order valence-electron chi connectivity index (χ2n) is 7.48. The highest BCUT2D eigenvalue weighted by atomic mass is 19.1.